The van der Waals surface area contributed by atoms with E-state index in [1.807, 2.05) is 0 Å². The molecule has 110 valence electrons. The van der Waals surface area contributed by atoms with Gasteiger partial charge < -0.3 is 15.5 Å². The smallest absolute Gasteiger partial charge is 0.394 e. The minimum absolute atomic E-state index is 0.292. The number of aliphatic hydroxyl groups is 1. The van der Waals surface area contributed by atoms with Crippen molar-refractivity contribution in [3.8, 4) is 0 Å². The zero-order valence-electron chi connectivity index (χ0n) is 10.1. The predicted molar refractivity (Wildman–Crippen MR) is 63.9 cm³/mol. The van der Waals surface area contributed by atoms with Gasteiger partial charge in [-0.15, -0.1) is 0 Å². The van der Waals surface area contributed by atoms with Crippen LogP contribution in [0.4, 0.5) is 0 Å². The molecule has 18 heavy (non-hydrogen) atoms. The Labute approximate surface area is 106 Å². The summed E-state index contributed by atoms with van der Waals surface area (Å²) in [5.41, 5.74) is 0. The first kappa shape index (κ1) is 19.6. The zero-order chi connectivity index (χ0) is 14.6. The van der Waals surface area contributed by atoms with Crippen molar-refractivity contribution in [3.63, 3.8) is 0 Å². The fourth-order valence-electron chi connectivity index (χ4n) is 1.08. The van der Waals surface area contributed by atoms with Gasteiger partial charge in [-0.3, -0.25) is 18.8 Å². The first-order chi connectivity index (χ1) is 8.16. The Morgan fingerprint density at radius 2 is 1.61 bits per heavy atom. The fourth-order valence-corrected chi connectivity index (χ4v) is 1.08. The second-order valence-electron chi connectivity index (χ2n) is 3.28. The molecule has 9 nitrogen and oxygen atoms in total. The molecule has 0 radical (unpaired) electrons. The molecule has 0 atom stereocenters. The molecule has 10 heteroatoms. The molecular formula is C8H20N2O7S. The van der Waals surface area contributed by atoms with Crippen molar-refractivity contribution in [2.24, 2.45) is 0 Å². The van der Waals surface area contributed by atoms with Gasteiger partial charge in [0.15, 0.2) is 0 Å². The summed E-state index contributed by atoms with van der Waals surface area (Å²) < 4.78 is 31.6. The Morgan fingerprint density at radius 1 is 1.28 bits per heavy atom. The van der Waals surface area contributed by atoms with Gasteiger partial charge >= 0.3 is 10.4 Å². The van der Waals surface area contributed by atoms with E-state index in [1.54, 1.807) is 0 Å². The van der Waals surface area contributed by atoms with Crippen LogP contribution in [0.25, 0.3) is 0 Å². The molecule has 1 rings (SSSR count). The largest absolute Gasteiger partial charge is 0.481 e. The van der Waals surface area contributed by atoms with E-state index in [-0.39, 0.29) is 0 Å². The number of carbonyl (C=O) groups is 1. The minimum Gasteiger partial charge on any atom is -0.481 e. The lowest BCUT2D eigenvalue weighted by atomic mass is 10.4. The van der Waals surface area contributed by atoms with E-state index in [0.29, 0.717) is 6.61 Å². The van der Waals surface area contributed by atoms with Crippen LogP contribution in [0.15, 0.2) is 0 Å². The third-order valence-corrected chi connectivity index (χ3v) is 1.63. The van der Waals surface area contributed by atoms with Gasteiger partial charge in [-0.25, -0.2) is 0 Å². The molecule has 1 aliphatic heterocycles. The molecule has 0 saturated carbocycles. The molecule has 0 spiro atoms. The van der Waals surface area contributed by atoms with E-state index in [2.05, 4.69) is 10.2 Å². The van der Waals surface area contributed by atoms with Crippen molar-refractivity contribution in [3.05, 3.63) is 0 Å². The van der Waals surface area contributed by atoms with E-state index >= 15 is 0 Å². The Balaban J connectivity index is 0. The lowest BCUT2D eigenvalue weighted by Crippen LogP contribution is -2.44. The SMILES string of the molecule is CC(=O)O.O=S(=O)(O)O.OCCN1CCNCC1. The third kappa shape index (κ3) is 29.5. The molecule has 0 aliphatic carbocycles. The number of piperazine rings is 1. The number of hydrogen-bond acceptors (Lipinski definition) is 6. The molecule has 0 bridgehead atoms. The van der Waals surface area contributed by atoms with Crippen LogP contribution in [0.5, 0.6) is 0 Å². The number of hydrogen-bond donors (Lipinski definition) is 5. The lowest BCUT2D eigenvalue weighted by Gasteiger charge is -2.25. The number of nitrogens with zero attached hydrogens (tertiary/aromatic N) is 1. The van der Waals surface area contributed by atoms with Crippen LogP contribution in [0.1, 0.15) is 6.92 Å². The number of β-amino-alcohol motifs (C(OH)–C–C–N with tert-alkyl or cyclic N) is 1. The molecule has 1 fully saturated rings. The molecule has 1 heterocycles. The highest BCUT2D eigenvalue weighted by Crippen LogP contribution is 1.88. The molecule has 0 aromatic heterocycles. The van der Waals surface area contributed by atoms with Gasteiger partial charge in [0.1, 0.15) is 0 Å². The average molecular weight is 288 g/mol. The normalized spacial score (nSPS) is 15.8. The molecule has 1 saturated heterocycles. The molecule has 0 unspecified atom stereocenters. The summed E-state index contributed by atoms with van der Waals surface area (Å²) in [6.07, 6.45) is 0. The summed E-state index contributed by atoms with van der Waals surface area (Å²) in [4.78, 5) is 11.3. The summed E-state index contributed by atoms with van der Waals surface area (Å²) in [5, 5.41) is 19.2. The molecular weight excluding hydrogens is 268 g/mol. The summed E-state index contributed by atoms with van der Waals surface area (Å²) in [6.45, 7) is 6.52. The van der Waals surface area contributed by atoms with Crippen LogP contribution in [-0.4, -0.2) is 77.9 Å². The van der Waals surface area contributed by atoms with Crippen molar-refractivity contribution in [1.82, 2.24) is 10.2 Å². The lowest BCUT2D eigenvalue weighted by molar-refractivity contribution is -0.134. The Hall–Kier alpha value is -0.780. The maximum absolute atomic E-state index is 9.00. The van der Waals surface area contributed by atoms with Crippen LogP contribution in [0.2, 0.25) is 0 Å². The molecule has 1 aliphatic rings. The van der Waals surface area contributed by atoms with Crippen molar-refractivity contribution in [1.29, 1.82) is 0 Å². The predicted octanol–water partition coefficient (Wildman–Crippen LogP) is -1.68. The first-order valence-corrected chi connectivity index (χ1v) is 6.50. The van der Waals surface area contributed by atoms with Gasteiger partial charge in [0.2, 0.25) is 0 Å². The van der Waals surface area contributed by atoms with Gasteiger partial charge in [0, 0.05) is 39.6 Å². The van der Waals surface area contributed by atoms with Crippen LogP contribution < -0.4 is 5.32 Å². The van der Waals surface area contributed by atoms with Gasteiger partial charge in [-0.1, -0.05) is 0 Å². The van der Waals surface area contributed by atoms with Crippen molar-refractivity contribution in [2.45, 2.75) is 6.92 Å². The van der Waals surface area contributed by atoms with Crippen LogP contribution >= 0.6 is 0 Å². The summed E-state index contributed by atoms with van der Waals surface area (Å²) in [6, 6.07) is 0. The summed E-state index contributed by atoms with van der Waals surface area (Å²) in [7, 11) is -4.67. The van der Waals surface area contributed by atoms with Crippen molar-refractivity contribution >= 4 is 16.4 Å². The first-order valence-electron chi connectivity index (χ1n) is 5.10. The Bertz CT molecular complexity index is 286. The van der Waals surface area contributed by atoms with Crippen LogP contribution in [-0.2, 0) is 15.2 Å². The van der Waals surface area contributed by atoms with Crippen LogP contribution in [0, 0.1) is 0 Å². The molecule has 0 amide bonds. The number of nitrogens with one attached hydrogen (secondary N) is 1. The summed E-state index contributed by atoms with van der Waals surface area (Å²) in [5.74, 6) is -0.833. The highest BCUT2D eigenvalue weighted by Gasteiger charge is 2.06. The number of carboxylic acid groups (broad SMARTS) is 1. The van der Waals surface area contributed by atoms with E-state index in [9.17, 15) is 0 Å². The van der Waals surface area contributed by atoms with Crippen molar-refractivity contribution < 1.29 is 32.5 Å². The van der Waals surface area contributed by atoms with E-state index < -0.39 is 16.4 Å². The van der Waals surface area contributed by atoms with Gasteiger partial charge in [-0.05, 0) is 0 Å². The maximum atomic E-state index is 9.00. The maximum Gasteiger partial charge on any atom is 0.394 e. The van der Waals surface area contributed by atoms with Gasteiger partial charge in [-0.2, -0.15) is 8.42 Å². The van der Waals surface area contributed by atoms with Crippen molar-refractivity contribution in [2.75, 3.05) is 39.3 Å². The monoisotopic (exact) mass is 288 g/mol. The number of rotatable bonds is 2. The average Bonchev–Trinajstić information content (AvgIpc) is 2.16. The topological polar surface area (TPSA) is 147 Å². The van der Waals surface area contributed by atoms with Gasteiger partial charge in [0.05, 0.1) is 6.61 Å². The van der Waals surface area contributed by atoms with Gasteiger partial charge in [0.25, 0.3) is 5.97 Å². The molecule has 0 aromatic rings. The standard InChI is InChI=1S/C6H14N2O.C2H4O2.H2O4S/c9-6-5-8-3-1-7-2-4-8;1-2(3)4;1-5(2,3)4/h7,9H,1-6H2;1H3,(H,3,4);(H2,1,2,3,4). The number of aliphatic carboxylic acids is 1. The Kier molecular flexibility index (Phi) is 12.3. The quantitative estimate of drug-likeness (QED) is 0.376. The van der Waals surface area contributed by atoms with Crippen LogP contribution in [0.3, 0.4) is 0 Å². The molecule has 0 aromatic carbocycles. The zero-order valence-corrected chi connectivity index (χ0v) is 10.9. The van der Waals surface area contributed by atoms with E-state index in [0.717, 1.165) is 39.6 Å². The highest BCUT2D eigenvalue weighted by atomic mass is 32.3. The van der Waals surface area contributed by atoms with E-state index in [1.165, 1.54) is 0 Å². The van der Waals surface area contributed by atoms with E-state index in [4.69, 9.17) is 32.5 Å². The second-order valence-corrected chi connectivity index (χ2v) is 4.18. The fraction of sp³-hybridized carbons (Fsp3) is 0.875. The minimum atomic E-state index is -4.67. The molecule has 5 N–H and O–H groups in total. The third-order valence-electron chi connectivity index (χ3n) is 1.63. The summed E-state index contributed by atoms with van der Waals surface area (Å²) >= 11 is 0. The second kappa shape index (κ2) is 11.3. The number of carboxylic acids is 1. The number of aliphatic hydroxyl groups excluding tert-OH is 1. The Morgan fingerprint density at radius 3 is 1.89 bits per heavy atom. The highest BCUT2D eigenvalue weighted by molar-refractivity contribution is 7.79.